The van der Waals surface area contributed by atoms with E-state index in [0.717, 1.165) is 30.4 Å². The van der Waals surface area contributed by atoms with Crippen LogP contribution in [0.4, 0.5) is 5.82 Å². The Labute approximate surface area is 205 Å². The molecule has 0 amide bonds. The summed E-state index contributed by atoms with van der Waals surface area (Å²) in [6, 6.07) is 0.207. The van der Waals surface area contributed by atoms with Crippen LogP contribution in [-0.4, -0.2) is 95.0 Å². The number of aliphatic hydroxyl groups excluding tert-OH is 3. The molecule has 14 nitrogen and oxygen atoms in total. The van der Waals surface area contributed by atoms with Gasteiger partial charge in [0, 0.05) is 12.6 Å². The van der Waals surface area contributed by atoms with Gasteiger partial charge in [0.1, 0.15) is 24.1 Å². The zero-order valence-corrected chi connectivity index (χ0v) is 20.8. The maximum atomic E-state index is 12.7. The molecule has 0 aromatic carbocycles. The highest BCUT2D eigenvalue weighted by atomic mass is 35.5. The van der Waals surface area contributed by atoms with Gasteiger partial charge >= 0.3 is 7.60 Å². The number of nitrogens with one attached hydrogen (secondary N) is 1. The van der Waals surface area contributed by atoms with Crippen LogP contribution < -0.4 is 5.32 Å². The van der Waals surface area contributed by atoms with Gasteiger partial charge in [-0.1, -0.05) is 12.8 Å². The third-order valence-electron chi connectivity index (χ3n) is 6.26. The number of ether oxygens (including phenoxy) is 1. The molecule has 0 radical (unpaired) electrons. The number of aliphatic hydroxyl groups is 3. The summed E-state index contributed by atoms with van der Waals surface area (Å²) in [5.74, 6) is -0.556. The van der Waals surface area contributed by atoms with E-state index in [1.54, 1.807) is 0 Å². The van der Waals surface area contributed by atoms with Crippen LogP contribution in [-0.2, 0) is 19.1 Å². The molecule has 35 heavy (non-hydrogen) atoms. The van der Waals surface area contributed by atoms with Crippen molar-refractivity contribution in [2.45, 2.75) is 67.7 Å². The van der Waals surface area contributed by atoms with Gasteiger partial charge in [0.25, 0.3) is 0 Å². The summed E-state index contributed by atoms with van der Waals surface area (Å²) < 4.78 is 43.8. The molecule has 2 aromatic heterocycles. The zero-order valence-electron chi connectivity index (χ0n) is 18.4. The molecule has 0 bridgehead atoms. The lowest BCUT2D eigenvalue weighted by Gasteiger charge is -2.21. The van der Waals surface area contributed by atoms with E-state index in [1.165, 1.54) is 6.20 Å². The van der Waals surface area contributed by atoms with Crippen molar-refractivity contribution in [1.82, 2.24) is 19.7 Å². The Morgan fingerprint density at radius 1 is 1.23 bits per heavy atom. The first kappa shape index (κ1) is 26.6. The Morgan fingerprint density at radius 3 is 2.54 bits per heavy atom. The summed E-state index contributed by atoms with van der Waals surface area (Å²) >= 11 is 6.10. The number of hydrogen-bond donors (Lipinski definition) is 6. The van der Waals surface area contributed by atoms with Gasteiger partial charge in [0.05, 0.1) is 17.3 Å². The Balaban J connectivity index is 1.60. The highest BCUT2D eigenvalue weighted by Crippen LogP contribution is 2.47. The first-order chi connectivity index (χ1) is 16.4. The molecule has 5 atom stereocenters. The standard InChI is InChI=1S/C18H27ClN5O9PS/c19-18-22-15(21-9-3-1-2-4-9)10-7-20-24(16(10)23-18)17-14(27)13(26)11(33-17)8-35(31,32)12(5-6-25)34(28,29)30/h7,9,11-14,17,25-27H,1-6,8H2,(H,21,22,23)(H2,28,29,30)/t11-,12?,13-,14-,17-/m1/s1. The quantitative estimate of drug-likeness (QED) is 0.174. The number of anilines is 1. The predicted octanol–water partition coefficient (Wildman–Crippen LogP) is -0.246. The van der Waals surface area contributed by atoms with E-state index in [1.807, 2.05) is 0 Å². The van der Waals surface area contributed by atoms with Gasteiger partial charge in [0.15, 0.2) is 26.7 Å². The van der Waals surface area contributed by atoms with E-state index in [2.05, 4.69) is 20.4 Å². The molecule has 0 spiro atoms. The molecule has 1 saturated heterocycles. The van der Waals surface area contributed by atoms with E-state index >= 15 is 0 Å². The van der Waals surface area contributed by atoms with Crippen molar-refractivity contribution >= 4 is 45.9 Å². The molecule has 3 heterocycles. The Kier molecular flexibility index (Phi) is 7.72. The number of rotatable bonds is 9. The first-order valence-electron chi connectivity index (χ1n) is 11.0. The van der Waals surface area contributed by atoms with Crippen molar-refractivity contribution in [3.63, 3.8) is 0 Å². The van der Waals surface area contributed by atoms with Gasteiger partial charge in [-0.2, -0.15) is 15.1 Å². The van der Waals surface area contributed by atoms with Crippen molar-refractivity contribution in [2.24, 2.45) is 0 Å². The number of sulfone groups is 1. The third kappa shape index (κ3) is 5.48. The number of nitrogens with zero attached hydrogens (tertiary/aromatic N) is 4. The van der Waals surface area contributed by atoms with E-state index < -0.39 is 65.7 Å². The fourth-order valence-electron chi connectivity index (χ4n) is 4.54. The molecule has 2 aromatic rings. The first-order valence-corrected chi connectivity index (χ1v) is 14.8. The van der Waals surface area contributed by atoms with Gasteiger partial charge in [-0.15, -0.1) is 0 Å². The van der Waals surface area contributed by atoms with E-state index in [9.17, 15) is 33.0 Å². The number of hydrogen-bond acceptors (Lipinski definition) is 11. The van der Waals surface area contributed by atoms with Gasteiger partial charge in [-0.25, -0.2) is 13.1 Å². The molecule has 17 heteroatoms. The fourth-order valence-corrected chi connectivity index (χ4v) is 8.50. The van der Waals surface area contributed by atoms with Crippen LogP contribution in [0.5, 0.6) is 0 Å². The van der Waals surface area contributed by atoms with Gasteiger partial charge in [-0.05, 0) is 30.9 Å². The minimum Gasteiger partial charge on any atom is -0.396 e. The van der Waals surface area contributed by atoms with Gasteiger partial charge in [0.2, 0.25) is 5.28 Å². The Hall–Kier alpha value is -1.42. The Morgan fingerprint density at radius 2 is 1.91 bits per heavy atom. The number of aromatic nitrogens is 4. The lowest BCUT2D eigenvalue weighted by Crippen LogP contribution is -2.38. The van der Waals surface area contributed by atoms with Crippen LogP contribution in [0.2, 0.25) is 5.28 Å². The van der Waals surface area contributed by atoms with E-state index in [-0.39, 0.29) is 17.0 Å². The lowest BCUT2D eigenvalue weighted by atomic mass is 10.1. The van der Waals surface area contributed by atoms with Crippen molar-refractivity contribution in [3.8, 4) is 0 Å². The molecular weight excluding hydrogens is 529 g/mol. The lowest BCUT2D eigenvalue weighted by molar-refractivity contribution is -0.0365. The predicted molar refractivity (Wildman–Crippen MR) is 123 cm³/mol. The highest BCUT2D eigenvalue weighted by molar-refractivity contribution is 7.98. The molecule has 1 aliphatic carbocycles. The molecule has 6 N–H and O–H groups in total. The van der Waals surface area contributed by atoms with Crippen LogP contribution in [0.25, 0.3) is 11.0 Å². The summed E-state index contributed by atoms with van der Waals surface area (Å²) in [5, 5.41) is 38.0. The van der Waals surface area contributed by atoms with Crippen molar-refractivity contribution in [3.05, 3.63) is 11.5 Å². The maximum absolute atomic E-state index is 12.7. The molecule has 2 aliphatic rings. The topological polar surface area (TPSA) is 217 Å². The molecule has 1 aliphatic heterocycles. The molecule has 2 fully saturated rings. The monoisotopic (exact) mass is 555 g/mol. The second-order valence-corrected chi connectivity index (χ2v) is 13.4. The summed E-state index contributed by atoms with van der Waals surface area (Å²) in [6.45, 7) is -0.773. The largest absolute Gasteiger partial charge is 0.396 e. The fraction of sp³-hybridized carbons (Fsp3) is 0.722. The second kappa shape index (κ2) is 10.1. The summed E-state index contributed by atoms with van der Waals surface area (Å²) in [4.78, 5) is 25.1. The minimum atomic E-state index is -5.13. The van der Waals surface area contributed by atoms with E-state index in [0.29, 0.717) is 11.2 Å². The average Bonchev–Trinajstić information content (AvgIpc) is 3.48. The van der Waals surface area contributed by atoms with E-state index in [4.69, 9.17) is 21.4 Å². The molecule has 196 valence electrons. The van der Waals surface area contributed by atoms with Crippen LogP contribution >= 0.6 is 19.2 Å². The Bertz CT molecular complexity index is 1220. The van der Waals surface area contributed by atoms with Crippen LogP contribution in [0.3, 0.4) is 0 Å². The van der Waals surface area contributed by atoms with Crippen molar-refractivity contribution in [2.75, 3.05) is 17.7 Å². The highest BCUT2D eigenvalue weighted by Gasteiger charge is 2.49. The van der Waals surface area contributed by atoms with Crippen molar-refractivity contribution < 1.29 is 42.8 Å². The number of halogens is 1. The maximum Gasteiger partial charge on any atom is 0.343 e. The summed E-state index contributed by atoms with van der Waals surface area (Å²) in [6.07, 6.45) is -1.39. The summed E-state index contributed by atoms with van der Waals surface area (Å²) in [7, 11) is -9.68. The van der Waals surface area contributed by atoms with Crippen LogP contribution in [0.15, 0.2) is 6.20 Å². The van der Waals surface area contributed by atoms with Crippen LogP contribution in [0.1, 0.15) is 38.3 Å². The third-order valence-corrected chi connectivity index (χ3v) is 11.1. The van der Waals surface area contributed by atoms with Gasteiger partial charge in [-0.3, -0.25) is 4.57 Å². The smallest absolute Gasteiger partial charge is 0.343 e. The molecule has 1 saturated carbocycles. The summed E-state index contributed by atoms with van der Waals surface area (Å²) in [5.41, 5.74) is 0.179. The zero-order chi connectivity index (χ0) is 25.5. The molecular formula is C18H27ClN5O9PS. The van der Waals surface area contributed by atoms with Crippen LogP contribution in [0, 0.1) is 0 Å². The average molecular weight is 556 g/mol. The van der Waals surface area contributed by atoms with Crippen molar-refractivity contribution in [1.29, 1.82) is 0 Å². The SMILES string of the molecule is O=P(O)(O)C(CCO)S(=O)(=O)C[C@H]1O[C@@H](n2ncc3c(NC4CCCC4)nc(Cl)nc32)[C@H](O)[C@@H]1O. The van der Waals surface area contributed by atoms with Gasteiger partial charge < -0.3 is 35.2 Å². The second-order valence-electron chi connectivity index (χ2n) is 8.73. The molecule has 1 unspecified atom stereocenters. The minimum absolute atomic E-state index is 0.0969. The normalized spacial score (nSPS) is 27.0. The molecule has 4 rings (SSSR count). The number of fused-ring (bicyclic) bond motifs is 1.